The number of carbonyl (C=O) groups is 3. The Morgan fingerprint density at radius 2 is 1.94 bits per heavy atom. The highest BCUT2D eigenvalue weighted by Gasteiger charge is 2.17. The Morgan fingerprint density at radius 1 is 1.33 bits per heavy atom. The van der Waals surface area contributed by atoms with Crippen LogP contribution in [0.3, 0.4) is 0 Å². The van der Waals surface area contributed by atoms with Crippen LogP contribution in [0.5, 0.6) is 0 Å². The molecule has 0 aliphatic heterocycles. The summed E-state index contributed by atoms with van der Waals surface area (Å²) in [5, 5.41) is 13.9. The van der Waals surface area contributed by atoms with Crippen LogP contribution in [0.1, 0.15) is 13.8 Å². The first kappa shape index (κ1) is 16.4. The molecule has 2 amide bonds. The lowest BCUT2D eigenvalue weighted by Gasteiger charge is -2.23. The molecule has 0 aromatic rings. The topological polar surface area (TPSA) is 98.7 Å². The normalized spacial score (nSPS) is 12.0. The SMILES string of the molecule is CNC(=O)CN(CCNC(C)=O)CC(C)C(=O)O. The van der Waals surface area contributed by atoms with Crippen LogP contribution in [0.15, 0.2) is 0 Å². The summed E-state index contributed by atoms with van der Waals surface area (Å²) in [5.41, 5.74) is 0. The zero-order chi connectivity index (χ0) is 14.1. The number of hydrogen-bond donors (Lipinski definition) is 3. The average molecular weight is 259 g/mol. The minimum absolute atomic E-state index is 0.119. The minimum atomic E-state index is -0.906. The van der Waals surface area contributed by atoms with Gasteiger partial charge in [-0.1, -0.05) is 6.92 Å². The van der Waals surface area contributed by atoms with Gasteiger partial charge in [0, 0.05) is 33.6 Å². The third kappa shape index (κ3) is 7.61. The molecule has 0 bridgehead atoms. The van der Waals surface area contributed by atoms with Crippen molar-refractivity contribution in [1.29, 1.82) is 0 Å². The van der Waals surface area contributed by atoms with Gasteiger partial charge in [-0.2, -0.15) is 0 Å². The Balaban J connectivity index is 4.27. The molecule has 0 saturated heterocycles. The molecule has 7 nitrogen and oxygen atoms in total. The van der Waals surface area contributed by atoms with Crippen molar-refractivity contribution in [2.24, 2.45) is 5.92 Å². The van der Waals surface area contributed by atoms with Crippen LogP contribution in [0.4, 0.5) is 0 Å². The predicted octanol–water partition coefficient (Wildman–Crippen LogP) is -1.11. The number of nitrogens with one attached hydrogen (secondary N) is 2. The fourth-order valence-corrected chi connectivity index (χ4v) is 1.37. The van der Waals surface area contributed by atoms with Crippen molar-refractivity contribution in [3.63, 3.8) is 0 Å². The van der Waals surface area contributed by atoms with E-state index in [9.17, 15) is 14.4 Å². The number of rotatable bonds is 8. The summed E-state index contributed by atoms with van der Waals surface area (Å²) < 4.78 is 0. The predicted molar refractivity (Wildman–Crippen MR) is 66.0 cm³/mol. The van der Waals surface area contributed by atoms with Crippen molar-refractivity contribution in [3.05, 3.63) is 0 Å². The Kier molecular flexibility index (Phi) is 7.69. The Labute approximate surface area is 107 Å². The molecule has 0 aromatic heterocycles. The van der Waals surface area contributed by atoms with E-state index in [-0.39, 0.29) is 24.9 Å². The Bertz CT molecular complexity index is 307. The molecule has 0 aliphatic carbocycles. The zero-order valence-electron chi connectivity index (χ0n) is 11.0. The molecule has 3 N–H and O–H groups in total. The van der Waals surface area contributed by atoms with Gasteiger partial charge < -0.3 is 15.7 Å². The van der Waals surface area contributed by atoms with Crippen LogP contribution in [0, 0.1) is 5.92 Å². The smallest absolute Gasteiger partial charge is 0.307 e. The second kappa shape index (κ2) is 8.46. The lowest BCUT2D eigenvalue weighted by atomic mass is 10.1. The third-order valence-electron chi connectivity index (χ3n) is 2.40. The molecule has 0 heterocycles. The number of hydrogen-bond acceptors (Lipinski definition) is 4. The van der Waals surface area contributed by atoms with Gasteiger partial charge in [0.2, 0.25) is 11.8 Å². The maximum Gasteiger partial charge on any atom is 0.307 e. The van der Waals surface area contributed by atoms with E-state index in [2.05, 4.69) is 10.6 Å². The van der Waals surface area contributed by atoms with E-state index in [0.717, 1.165) is 0 Å². The molecular weight excluding hydrogens is 238 g/mol. The first-order valence-corrected chi connectivity index (χ1v) is 5.77. The van der Waals surface area contributed by atoms with Gasteiger partial charge in [0.15, 0.2) is 0 Å². The van der Waals surface area contributed by atoms with Gasteiger partial charge in [-0.15, -0.1) is 0 Å². The lowest BCUT2D eigenvalue weighted by Crippen LogP contribution is -2.43. The summed E-state index contributed by atoms with van der Waals surface area (Å²) >= 11 is 0. The number of carboxylic acids is 1. The standard InChI is InChI=1S/C11H21N3O4/c1-8(11(17)18)6-14(7-10(16)12-3)5-4-13-9(2)15/h8H,4-7H2,1-3H3,(H,12,16)(H,13,15)(H,17,18). The Morgan fingerprint density at radius 3 is 2.39 bits per heavy atom. The van der Waals surface area contributed by atoms with E-state index in [0.29, 0.717) is 13.1 Å². The van der Waals surface area contributed by atoms with Crippen LogP contribution in [-0.2, 0) is 14.4 Å². The van der Waals surface area contributed by atoms with Crippen molar-refractivity contribution >= 4 is 17.8 Å². The van der Waals surface area contributed by atoms with Crippen molar-refractivity contribution in [1.82, 2.24) is 15.5 Å². The molecule has 1 atom stereocenters. The van der Waals surface area contributed by atoms with E-state index >= 15 is 0 Å². The first-order chi connectivity index (χ1) is 8.36. The highest BCUT2D eigenvalue weighted by Crippen LogP contribution is 1.99. The van der Waals surface area contributed by atoms with Crippen LogP contribution in [-0.4, -0.2) is 61.0 Å². The third-order valence-corrected chi connectivity index (χ3v) is 2.40. The van der Waals surface area contributed by atoms with Crippen LogP contribution in [0.25, 0.3) is 0 Å². The maximum atomic E-state index is 11.3. The van der Waals surface area contributed by atoms with Crippen LogP contribution < -0.4 is 10.6 Å². The van der Waals surface area contributed by atoms with Gasteiger partial charge in [-0.25, -0.2) is 0 Å². The molecule has 0 spiro atoms. The summed E-state index contributed by atoms with van der Waals surface area (Å²) in [4.78, 5) is 34.5. The molecule has 1 unspecified atom stereocenters. The highest BCUT2D eigenvalue weighted by atomic mass is 16.4. The summed E-state index contributed by atoms with van der Waals surface area (Å²) in [6.45, 7) is 4.19. The van der Waals surface area contributed by atoms with Gasteiger partial charge in [-0.3, -0.25) is 19.3 Å². The molecule has 18 heavy (non-hydrogen) atoms. The monoisotopic (exact) mass is 259 g/mol. The van der Waals surface area contributed by atoms with Gasteiger partial charge in [0.1, 0.15) is 0 Å². The number of amides is 2. The van der Waals surface area contributed by atoms with E-state index < -0.39 is 11.9 Å². The largest absolute Gasteiger partial charge is 0.481 e. The van der Waals surface area contributed by atoms with Crippen molar-refractivity contribution in [2.75, 3.05) is 33.2 Å². The fraction of sp³-hybridized carbons (Fsp3) is 0.727. The number of carbonyl (C=O) groups excluding carboxylic acids is 2. The molecule has 0 radical (unpaired) electrons. The van der Waals surface area contributed by atoms with Crippen molar-refractivity contribution in [2.45, 2.75) is 13.8 Å². The number of aliphatic carboxylic acids is 1. The summed E-state index contributed by atoms with van der Waals surface area (Å²) in [7, 11) is 1.52. The van der Waals surface area contributed by atoms with Crippen LogP contribution >= 0.6 is 0 Å². The summed E-state index contributed by atoms with van der Waals surface area (Å²) in [5.74, 6) is -1.81. The van der Waals surface area contributed by atoms with E-state index in [1.165, 1.54) is 14.0 Å². The summed E-state index contributed by atoms with van der Waals surface area (Å²) in [6, 6.07) is 0. The first-order valence-electron chi connectivity index (χ1n) is 5.77. The number of carboxylic acid groups (broad SMARTS) is 1. The highest BCUT2D eigenvalue weighted by molar-refractivity contribution is 5.77. The quantitative estimate of drug-likeness (QED) is 0.513. The molecule has 0 fully saturated rings. The van der Waals surface area contributed by atoms with Crippen molar-refractivity contribution in [3.8, 4) is 0 Å². The van der Waals surface area contributed by atoms with Gasteiger partial charge in [-0.05, 0) is 0 Å². The van der Waals surface area contributed by atoms with Crippen molar-refractivity contribution < 1.29 is 19.5 Å². The zero-order valence-corrected chi connectivity index (χ0v) is 11.0. The second-order valence-corrected chi connectivity index (χ2v) is 4.13. The minimum Gasteiger partial charge on any atom is -0.481 e. The molecule has 0 aromatic carbocycles. The molecule has 7 heteroatoms. The molecule has 0 rings (SSSR count). The van der Waals surface area contributed by atoms with Gasteiger partial charge in [0.05, 0.1) is 12.5 Å². The molecule has 0 saturated carbocycles. The van der Waals surface area contributed by atoms with E-state index in [4.69, 9.17) is 5.11 Å². The maximum absolute atomic E-state index is 11.3. The average Bonchev–Trinajstić information content (AvgIpc) is 2.27. The van der Waals surface area contributed by atoms with E-state index in [1.807, 2.05) is 0 Å². The Hall–Kier alpha value is -1.63. The van der Waals surface area contributed by atoms with Gasteiger partial charge >= 0.3 is 5.97 Å². The number of likely N-dealkylation sites (N-methyl/N-ethyl adjacent to an activating group) is 1. The fourth-order valence-electron chi connectivity index (χ4n) is 1.37. The van der Waals surface area contributed by atoms with Gasteiger partial charge in [0.25, 0.3) is 0 Å². The lowest BCUT2D eigenvalue weighted by molar-refractivity contribution is -0.142. The molecular formula is C11H21N3O4. The number of nitrogens with zero attached hydrogens (tertiary/aromatic N) is 1. The van der Waals surface area contributed by atoms with E-state index in [1.54, 1.807) is 11.8 Å². The summed E-state index contributed by atoms with van der Waals surface area (Å²) in [6.07, 6.45) is 0. The molecule has 0 aliphatic rings. The second-order valence-electron chi connectivity index (χ2n) is 4.13. The molecule has 104 valence electrons. The van der Waals surface area contributed by atoms with Crippen LogP contribution in [0.2, 0.25) is 0 Å².